The predicted molar refractivity (Wildman–Crippen MR) is 72.2 cm³/mol. The first kappa shape index (κ1) is 14.6. The summed E-state index contributed by atoms with van der Waals surface area (Å²) in [7, 11) is 0. The lowest BCUT2D eigenvalue weighted by Crippen LogP contribution is -2.22. The van der Waals surface area contributed by atoms with Crippen LogP contribution < -0.4 is 4.74 Å². The van der Waals surface area contributed by atoms with Gasteiger partial charge in [0.25, 0.3) is 0 Å². The van der Waals surface area contributed by atoms with E-state index in [1.165, 1.54) is 0 Å². The summed E-state index contributed by atoms with van der Waals surface area (Å²) < 4.78 is 11.2. The van der Waals surface area contributed by atoms with Gasteiger partial charge < -0.3 is 9.47 Å². The van der Waals surface area contributed by atoms with Gasteiger partial charge in [0, 0.05) is 10.6 Å². The average molecular weight is 277 g/mol. The molecule has 0 aliphatic rings. The fourth-order valence-corrected chi connectivity index (χ4v) is 1.70. The molecule has 0 N–H and O–H groups in total. The third-order valence-corrected chi connectivity index (χ3v) is 2.57. The Hall–Kier alpha value is -0.440. The summed E-state index contributed by atoms with van der Waals surface area (Å²) in [6.07, 6.45) is 0. The highest BCUT2D eigenvalue weighted by Crippen LogP contribution is 2.24. The van der Waals surface area contributed by atoms with Crippen LogP contribution in [-0.4, -0.2) is 18.8 Å². The van der Waals surface area contributed by atoms with Gasteiger partial charge in [-0.1, -0.05) is 11.6 Å². The Labute approximate surface area is 113 Å². The molecule has 0 aliphatic carbocycles. The third-order valence-electron chi connectivity index (χ3n) is 2.04. The van der Waals surface area contributed by atoms with Crippen molar-refractivity contribution in [2.75, 3.05) is 13.2 Å². The highest BCUT2D eigenvalue weighted by Gasteiger charge is 2.10. The number of halogens is 2. The molecule has 0 amide bonds. The second kappa shape index (κ2) is 6.48. The minimum absolute atomic E-state index is 0.140. The monoisotopic (exact) mass is 276 g/mol. The summed E-state index contributed by atoms with van der Waals surface area (Å²) >= 11 is 11.7. The second-order valence-electron chi connectivity index (χ2n) is 4.69. The van der Waals surface area contributed by atoms with Crippen LogP contribution in [0.25, 0.3) is 0 Å². The van der Waals surface area contributed by atoms with Crippen LogP contribution in [-0.2, 0) is 10.6 Å². The Morgan fingerprint density at radius 1 is 1.18 bits per heavy atom. The molecule has 0 aliphatic heterocycles. The Kier molecular flexibility index (Phi) is 5.57. The minimum atomic E-state index is -0.140. The molecule has 0 spiro atoms. The fourth-order valence-electron chi connectivity index (χ4n) is 1.29. The van der Waals surface area contributed by atoms with Crippen molar-refractivity contribution in [3.8, 4) is 5.75 Å². The van der Waals surface area contributed by atoms with E-state index >= 15 is 0 Å². The van der Waals surface area contributed by atoms with Crippen LogP contribution >= 0.6 is 23.2 Å². The van der Waals surface area contributed by atoms with Gasteiger partial charge in [-0.3, -0.25) is 0 Å². The molecule has 0 saturated heterocycles. The molecular weight excluding hydrogens is 259 g/mol. The van der Waals surface area contributed by atoms with Crippen molar-refractivity contribution in [1.82, 2.24) is 0 Å². The van der Waals surface area contributed by atoms with Gasteiger partial charge in [0.05, 0.1) is 18.1 Å². The first-order chi connectivity index (χ1) is 7.92. The molecule has 0 fully saturated rings. The van der Waals surface area contributed by atoms with Crippen molar-refractivity contribution in [2.24, 2.45) is 0 Å². The van der Waals surface area contributed by atoms with E-state index in [4.69, 9.17) is 32.7 Å². The number of benzene rings is 1. The maximum atomic E-state index is 5.88. The van der Waals surface area contributed by atoms with E-state index in [0.717, 1.165) is 11.3 Å². The van der Waals surface area contributed by atoms with Gasteiger partial charge in [0.1, 0.15) is 12.4 Å². The summed E-state index contributed by atoms with van der Waals surface area (Å²) in [5, 5.41) is 0.666. The zero-order valence-corrected chi connectivity index (χ0v) is 11.9. The number of ether oxygens (including phenoxy) is 2. The highest BCUT2D eigenvalue weighted by molar-refractivity contribution is 6.30. The smallest absolute Gasteiger partial charge is 0.123 e. The van der Waals surface area contributed by atoms with E-state index in [1.807, 2.05) is 32.9 Å². The molecule has 1 rings (SSSR count). The van der Waals surface area contributed by atoms with E-state index in [-0.39, 0.29) is 5.60 Å². The SMILES string of the molecule is CC(C)(C)OCCOc1ccc(Cl)cc1CCl. The van der Waals surface area contributed by atoms with Crippen LogP contribution in [0.15, 0.2) is 18.2 Å². The third kappa shape index (κ3) is 5.62. The Balaban J connectivity index is 2.46. The van der Waals surface area contributed by atoms with Gasteiger partial charge in [0.2, 0.25) is 0 Å². The van der Waals surface area contributed by atoms with Crippen LogP contribution in [0.2, 0.25) is 5.02 Å². The van der Waals surface area contributed by atoms with Gasteiger partial charge >= 0.3 is 0 Å². The predicted octanol–water partition coefficient (Wildman–Crippen LogP) is 4.27. The summed E-state index contributed by atoms with van der Waals surface area (Å²) in [5.41, 5.74) is 0.758. The zero-order chi connectivity index (χ0) is 12.9. The molecule has 1 aromatic rings. The molecule has 0 unspecified atom stereocenters. The van der Waals surface area contributed by atoms with Crippen LogP contribution in [0.1, 0.15) is 26.3 Å². The zero-order valence-electron chi connectivity index (χ0n) is 10.4. The van der Waals surface area contributed by atoms with Crippen LogP contribution in [0.4, 0.5) is 0 Å². The molecule has 2 nitrogen and oxygen atoms in total. The lowest BCUT2D eigenvalue weighted by molar-refractivity contribution is -0.0163. The van der Waals surface area contributed by atoms with Gasteiger partial charge in [-0.25, -0.2) is 0 Å². The Bertz CT molecular complexity index is 359. The van der Waals surface area contributed by atoms with Crippen LogP contribution in [0.3, 0.4) is 0 Å². The molecule has 0 saturated carbocycles. The average Bonchev–Trinajstić information content (AvgIpc) is 2.24. The molecule has 0 aromatic heterocycles. The first-order valence-electron chi connectivity index (χ1n) is 5.53. The first-order valence-corrected chi connectivity index (χ1v) is 6.45. The van der Waals surface area contributed by atoms with Crippen molar-refractivity contribution in [2.45, 2.75) is 32.3 Å². The van der Waals surface area contributed by atoms with E-state index < -0.39 is 0 Å². The van der Waals surface area contributed by atoms with Crippen molar-refractivity contribution < 1.29 is 9.47 Å². The molecule has 0 bridgehead atoms. The number of hydrogen-bond donors (Lipinski definition) is 0. The van der Waals surface area contributed by atoms with E-state index in [9.17, 15) is 0 Å². The highest BCUT2D eigenvalue weighted by atomic mass is 35.5. The fraction of sp³-hybridized carbons (Fsp3) is 0.538. The van der Waals surface area contributed by atoms with Crippen molar-refractivity contribution in [3.63, 3.8) is 0 Å². The molecule has 4 heteroatoms. The topological polar surface area (TPSA) is 18.5 Å². The minimum Gasteiger partial charge on any atom is -0.491 e. The van der Waals surface area contributed by atoms with Gasteiger partial charge in [-0.05, 0) is 39.0 Å². The lowest BCUT2D eigenvalue weighted by atomic mass is 10.2. The van der Waals surface area contributed by atoms with Gasteiger partial charge in [0.15, 0.2) is 0 Å². The molecule has 96 valence electrons. The van der Waals surface area contributed by atoms with Crippen LogP contribution in [0, 0.1) is 0 Å². The summed E-state index contributed by atoms with van der Waals surface area (Å²) in [6, 6.07) is 5.43. The van der Waals surface area contributed by atoms with Crippen LogP contribution in [0.5, 0.6) is 5.75 Å². The summed E-state index contributed by atoms with van der Waals surface area (Å²) in [5.74, 6) is 1.15. The Morgan fingerprint density at radius 3 is 2.47 bits per heavy atom. The maximum Gasteiger partial charge on any atom is 0.123 e. The summed E-state index contributed by atoms with van der Waals surface area (Å²) in [4.78, 5) is 0. The van der Waals surface area contributed by atoms with Gasteiger partial charge in [-0.15, -0.1) is 11.6 Å². The number of rotatable bonds is 5. The number of hydrogen-bond acceptors (Lipinski definition) is 2. The molecule has 0 atom stereocenters. The lowest BCUT2D eigenvalue weighted by Gasteiger charge is -2.19. The quantitative estimate of drug-likeness (QED) is 0.591. The standard InChI is InChI=1S/C13H18Cl2O2/c1-13(2,3)17-7-6-16-12-5-4-11(15)8-10(12)9-14/h4-5,8H,6-7,9H2,1-3H3. The largest absolute Gasteiger partial charge is 0.491 e. The van der Waals surface area contributed by atoms with E-state index in [0.29, 0.717) is 24.1 Å². The molecule has 1 aromatic carbocycles. The van der Waals surface area contributed by atoms with E-state index in [2.05, 4.69) is 0 Å². The van der Waals surface area contributed by atoms with Gasteiger partial charge in [-0.2, -0.15) is 0 Å². The summed E-state index contributed by atoms with van der Waals surface area (Å²) in [6.45, 7) is 7.09. The number of alkyl halides is 1. The van der Waals surface area contributed by atoms with E-state index in [1.54, 1.807) is 6.07 Å². The van der Waals surface area contributed by atoms with Crippen molar-refractivity contribution in [1.29, 1.82) is 0 Å². The molecule has 0 heterocycles. The maximum absolute atomic E-state index is 5.88. The molecular formula is C13H18Cl2O2. The normalized spacial score (nSPS) is 11.6. The molecule has 0 radical (unpaired) electrons. The Morgan fingerprint density at radius 2 is 1.88 bits per heavy atom. The van der Waals surface area contributed by atoms with Crippen molar-refractivity contribution >= 4 is 23.2 Å². The molecule has 17 heavy (non-hydrogen) atoms. The van der Waals surface area contributed by atoms with Crippen molar-refractivity contribution in [3.05, 3.63) is 28.8 Å². The second-order valence-corrected chi connectivity index (χ2v) is 5.40.